The van der Waals surface area contributed by atoms with Crippen molar-refractivity contribution in [1.82, 2.24) is 10.2 Å². The first kappa shape index (κ1) is 14.1. The molecule has 0 bridgehead atoms. The minimum Gasteiger partial charge on any atom is -0.481 e. The molecule has 0 spiro atoms. The summed E-state index contributed by atoms with van der Waals surface area (Å²) >= 11 is 0. The number of carboxylic acid groups (broad SMARTS) is 1. The molecule has 2 fully saturated rings. The van der Waals surface area contributed by atoms with E-state index in [1.165, 1.54) is 0 Å². The first-order valence-corrected chi connectivity index (χ1v) is 6.91. The number of rotatable bonds is 4. The lowest BCUT2D eigenvalue weighted by atomic mass is 9.87. The lowest BCUT2D eigenvalue weighted by Crippen LogP contribution is -2.57. The Bertz CT molecular complexity index is 336. The summed E-state index contributed by atoms with van der Waals surface area (Å²) in [7, 11) is 0. The fraction of sp³-hybridized carbons (Fsp3) is 0.846. The van der Waals surface area contributed by atoms with Crippen molar-refractivity contribution in [3.63, 3.8) is 0 Å². The summed E-state index contributed by atoms with van der Waals surface area (Å²) in [4.78, 5) is 24.3. The largest absolute Gasteiger partial charge is 0.481 e. The second-order valence-electron chi connectivity index (χ2n) is 5.53. The monoisotopic (exact) mass is 270 g/mol. The highest BCUT2D eigenvalue weighted by Crippen LogP contribution is 2.24. The molecule has 1 unspecified atom stereocenters. The van der Waals surface area contributed by atoms with Crippen LogP contribution < -0.4 is 5.32 Å². The van der Waals surface area contributed by atoms with Crippen molar-refractivity contribution in [2.24, 2.45) is 17.8 Å². The fourth-order valence-corrected chi connectivity index (χ4v) is 2.49. The van der Waals surface area contributed by atoms with E-state index in [9.17, 15) is 9.59 Å². The van der Waals surface area contributed by atoms with Crippen LogP contribution in [0.15, 0.2) is 0 Å². The molecule has 6 nitrogen and oxygen atoms in total. The van der Waals surface area contributed by atoms with Gasteiger partial charge in [0.1, 0.15) is 0 Å². The number of nitrogens with one attached hydrogen (secondary N) is 1. The molecule has 2 aliphatic rings. The molecular formula is C13H22N2O4. The molecule has 0 saturated carbocycles. The van der Waals surface area contributed by atoms with Gasteiger partial charge in [-0.15, -0.1) is 0 Å². The SMILES string of the molecule is CC(C(=O)O)C1CN(C(=O)NCC2CCOCC2)C1. The van der Waals surface area contributed by atoms with Crippen LogP contribution in [0.2, 0.25) is 0 Å². The third-order valence-electron chi connectivity index (χ3n) is 4.18. The van der Waals surface area contributed by atoms with Gasteiger partial charge in [-0.05, 0) is 18.8 Å². The van der Waals surface area contributed by atoms with E-state index in [0.717, 1.165) is 26.1 Å². The minimum absolute atomic E-state index is 0.0691. The van der Waals surface area contributed by atoms with Gasteiger partial charge in [0.2, 0.25) is 0 Å². The highest BCUT2D eigenvalue weighted by atomic mass is 16.5. The fourth-order valence-electron chi connectivity index (χ4n) is 2.49. The van der Waals surface area contributed by atoms with Gasteiger partial charge in [0.15, 0.2) is 0 Å². The number of aliphatic carboxylic acids is 1. The third kappa shape index (κ3) is 3.59. The van der Waals surface area contributed by atoms with Gasteiger partial charge in [0.05, 0.1) is 5.92 Å². The summed E-state index contributed by atoms with van der Waals surface area (Å²) in [6.07, 6.45) is 2.00. The molecule has 108 valence electrons. The van der Waals surface area contributed by atoms with Gasteiger partial charge in [0, 0.05) is 38.8 Å². The van der Waals surface area contributed by atoms with Gasteiger partial charge in [-0.2, -0.15) is 0 Å². The van der Waals surface area contributed by atoms with Crippen molar-refractivity contribution in [3.05, 3.63) is 0 Å². The van der Waals surface area contributed by atoms with Crippen LogP contribution in [0.4, 0.5) is 4.79 Å². The number of carbonyl (C=O) groups is 2. The van der Waals surface area contributed by atoms with Gasteiger partial charge in [-0.1, -0.05) is 6.92 Å². The Kier molecular flexibility index (Phi) is 4.63. The topological polar surface area (TPSA) is 78.9 Å². The zero-order chi connectivity index (χ0) is 13.8. The van der Waals surface area contributed by atoms with E-state index in [1.54, 1.807) is 11.8 Å². The molecule has 2 aliphatic heterocycles. The summed E-state index contributed by atoms with van der Waals surface area (Å²) < 4.78 is 5.27. The number of ether oxygens (including phenoxy) is 1. The first-order valence-electron chi connectivity index (χ1n) is 6.91. The maximum Gasteiger partial charge on any atom is 0.317 e. The van der Waals surface area contributed by atoms with E-state index in [2.05, 4.69) is 5.32 Å². The predicted molar refractivity (Wildman–Crippen MR) is 68.8 cm³/mol. The molecule has 0 radical (unpaired) electrons. The van der Waals surface area contributed by atoms with Crippen LogP contribution >= 0.6 is 0 Å². The number of nitrogens with zero attached hydrogens (tertiary/aromatic N) is 1. The van der Waals surface area contributed by atoms with Crippen LogP contribution in [0, 0.1) is 17.8 Å². The van der Waals surface area contributed by atoms with Crippen molar-refractivity contribution in [3.8, 4) is 0 Å². The molecule has 2 heterocycles. The Hall–Kier alpha value is -1.30. The highest BCUT2D eigenvalue weighted by molar-refractivity contribution is 5.76. The maximum atomic E-state index is 11.8. The van der Waals surface area contributed by atoms with Crippen molar-refractivity contribution in [2.75, 3.05) is 32.8 Å². The summed E-state index contributed by atoms with van der Waals surface area (Å²) in [5.41, 5.74) is 0. The molecule has 2 amide bonds. The second kappa shape index (κ2) is 6.23. The van der Waals surface area contributed by atoms with Crippen molar-refractivity contribution in [1.29, 1.82) is 0 Å². The number of likely N-dealkylation sites (tertiary alicyclic amines) is 1. The smallest absolute Gasteiger partial charge is 0.317 e. The lowest BCUT2D eigenvalue weighted by Gasteiger charge is -2.41. The Morgan fingerprint density at radius 1 is 1.37 bits per heavy atom. The zero-order valence-corrected chi connectivity index (χ0v) is 11.3. The molecule has 0 aromatic rings. The Morgan fingerprint density at radius 3 is 2.58 bits per heavy atom. The van der Waals surface area contributed by atoms with Gasteiger partial charge in [0.25, 0.3) is 0 Å². The predicted octanol–water partition coefficient (Wildman–Crippen LogP) is 0.775. The minimum atomic E-state index is -0.785. The van der Waals surface area contributed by atoms with Gasteiger partial charge in [-0.25, -0.2) is 4.79 Å². The summed E-state index contributed by atoms with van der Waals surface area (Å²) in [6.45, 7) is 5.05. The normalized spacial score (nSPS) is 22.7. The number of carboxylic acids is 1. The summed E-state index contributed by atoms with van der Waals surface area (Å²) in [6, 6.07) is -0.0691. The number of urea groups is 1. The molecule has 1 atom stereocenters. The van der Waals surface area contributed by atoms with Crippen molar-refractivity contribution >= 4 is 12.0 Å². The Morgan fingerprint density at radius 2 is 2.00 bits per heavy atom. The molecule has 0 aliphatic carbocycles. The maximum absolute atomic E-state index is 11.8. The van der Waals surface area contributed by atoms with Gasteiger partial charge < -0.3 is 20.1 Å². The third-order valence-corrected chi connectivity index (χ3v) is 4.18. The van der Waals surface area contributed by atoms with Crippen molar-refractivity contribution < 1.29 is 19.4 Å². The Balaban J connectivity index is 1.64. The van der Waals surface area contributed by atoms with E-state index < -0.39 is 5.97 Å². The van der Waals surface area contributed by atoms with Crippen LogP contribution in [-0.2, 0) is 9.53 Å². The average molecular weight is 270 g/mol. The van der Waals surface area contributed by atoms with E-state index in [-0.39, 0.29) is 17.9 Å². The molecule has 2 saturated heterocycles. The molecular weight excluding hydrogens is 248 g/mol. The summed E-state index contributed by atoms with van der Waals surface area (Å²) in [5, 5.41) is 11.8. The number of amides is 2. The van der Waals surface area contributed by atoms with Crippen LogP contribution in [-0.4, -0.2) is 54.9 Å². The van der Waals surface area contributed by atoms with E-state index in [4.69, 9.17) is 9.84 Å². The quantitative estimate of drug-likeness (QED) is 0.791. The summed E-state index contributed by atoms with van der Waals surface area (Å²) in [5.74, 6) is -0.564. The number of hydrogen-bond acceptors (Lipinski definition) is 3. The van der Waals surface area contributed by atoms with Crippen LogP contribution in [0.25, 0.3) is 0 Å². The molecule has 2 N–H and O–H groups in total. The van der Waals surface area contributed by atoms with Crippen LogP contribution in [0.3, 0.4) is 0 Å². The Labute approximate surface area is 113 Å². The zero-order valence-electron chi connectivity index (χ0n) is 11.3. The second-order valence-corrected chi connectivity index (χ2v) is 5.53. The molecule has 19 heavy (non-hydrogen) atoms. The van der Waals surface area contributed by atoms with Crippen LogP contribution in [0.5, 0.6) is 0 Å². The van der Waals surface area contributed by atoms with E-state index >= 15 is 0 Å². The average Bonchev–Trinajstić information content (AvgIpc) is 2.35. The molecule has 2 rings (SSSR count). The molecule has 0 aromatic heterocycles. The number of hydrogen-bond donors (Lipinski definition) is 2. The standard InChI is InChI=1S/C13H22N2O4/c1-9(12(16)17)11-7-15(8-11)13(18)14-6-10-2-4-19-5-3-10/h9-11H,2-8H2,1H3,(H,14,18)(H,16,17). The first-order chi connectivity index (χ1) is 9.08. The van der Waals surface area contributed by atoms with Gasteiger partial charge in [-0.3, -0.25) is 4.79 Å². The van der Waals surface area contributed by atoms with Crippen LogP contribution in [0.1, 0.15) is 19.8 Å². The number of carbonyl (C=O) groups excluding carboxylic acids is 1. The molecule has 6 heteroatoms. The molecule has 0 aromatic carbocycles. The van der Waals surface area contributed by atoms with Gasteiger partial charge >= 0.3 is 12.0 Å². The van der Waals surface area contributed by atoms with E-state index in [0.29, 0.717) is 25.6 Å². The highest BCUT2D eigenvalue weighted by Gasteiger charge is 2.37. The lowest BCUT2D eigenvalue weighted by molar-refractivity contribution is -0.144. The van der Waals surface area contributed by atoms with Crippen molar-refractivity contribution in [2.45, 2.75) is 19.8 Å². The van der Waals surface area contributed by atoms with E-state index in [1.807, 2.05) is 0 Å².